The molecule has 0 spiro atoms. The van der Waals surface area contributed by atoms with E-state index in [0.29, 0.717) is 19.3 Å². The maximum atomic E-state index is 12.9. The van der Waals surface area contributed by atoms with Gasteiger partial charge >= 0.3 is 17.9 Å². The first-order valence-corrected chi connectivity index (χ1v) is 34.4. The molecule has 0 aliphatic carbocycles. The topological polar surface area (TPSA) is 78.9 Å². The van der Waals surface area contributed by atoms with Crippen LogP contribution in [0, 0.1) is 0 Å². The third-order valence-electron chi connectivity index (χ3n) is 15.2. The maximum Gasteiger partial charge on any atom is 0.306 e. The molecule has 0 radical (unpaired) electrons. The van der Waals surface area contributed by atoms with E-state index in [1.807, 2.05) is 0 Å². The van der Waals surface area contributed by atoms with Crippen molar-refractivity contribution in [2.75, 3.05) is 13.2 Å². The van der Waals surface area contributed by atoms with Crippen molar-refractivity contribution in [1.29, 1.82) is 0 Å². The van der Waals surface area contributed by atoms with Crippen LogP contribution in [0.2, 0.25) is 0 Å². The molecule has 6 heteroatoms. The number of carbonyl (C=O) groups excluding carboxylic acids is 3. The van der Waals surface area contributed by atoms with Gasteiger partial charge in [-0.25, -0.2) is 0 Å². The third kappa shape index (κ3) is 65.5. The first-order chi connectivity index (χ1) is 39.0. The third-order valence-corrected chi connectivity index (χ3v) is 15.2. The van der Waals surface area contributed by atoms with Crippen molar-refractivity contribution < 1.29 is 28.6 Å². The fourth-order valence-corrected chi connectivity index (χ4v) is 10.0. The Morgan fingerprint density at radius 2 is 0.506 bits per heavy atom. The first kappa shape index (κ1) is 75.8. The van der Waals surface area contributed by atoms with E-state index in [1.165, 1.54) is 218 Å². The quantitative estimate of drug-likeness (QED) is 0.0261. The lowest BCUT2D eigenvalue weighted by molar-refractivity contribution is -0.167. The summed E-state index contributed by atoms with van der Waals surface area (Å²) in [4.78, 5) is 38.3. The van der Waals surface area contributed by atoms with Gasteiger partial charge in [-0.15, -0.1) is 0 Å². The van der Waals surface area contributed by atoms with Crippen molar-refractivity contribution in [3.63, 3.8) is 0 Å². The molecule has 0 saturated carbocycles. The highest BCUT2D eigenvalue weighted by molar-refractivity contribution is 5.71. The van der Waals surface area contributed by atoms with Crippen molar-refractivity contribution in [2.24, 2.45) is 0 Å². The molecule has 0 aliphatic heterocycles. The van der Waals surface area contributed by atoms with Crippen molar-refractivity contribution in [3.8, 4) is 0 Å². The molecule has 0 aromatic rings. The molecule has 458 valence electrons. The van der Waals surface area contributed by atoms with E-state index in [4.69, 9.17) is 14.2 Å². The SMILES string of the molecule is CC/C=C\C/C=C\C/C=C\C/C=C\C/C=C\CCCCCCCCCCCCCCCC(=O)OCC(COC(=O)CCCCCCC/C=C\CCCC)OC(=O)CCCCCCCCCCCCCCCCCCCCCCC. The smallest absolute Gasteiger partial charge is 0.306 e. The molecule has 0 rings (SSSR count). The van der Waals surface area contributed by atoms with Gasteiger partial charge in [0.15, 0.2) is 6.10 Å². The van der Waals surface area contributed by atoms with Crippen LogP contribution in [-0.4, -0.2) is 37.2 Å². The molecule has 1 atom stereocenters. The predicted molar refractivity (Wildman–Crippen MR) is 344 cm³/mol. The van der Waals surface area contributed by atoms with Gasteiger partial charge in [-0.1, -0.05) is 325 Å². The summed E-state index contributed by atoms with van der Waals surface area (Å²) < 4.78 is 16.9. The standard InChI is InChI=1S/C73H130O6/c1-4-7-10-13-16-19-22-24-26-28-30-32-33-34-35-36-37-38-39-41-42-44-46-48-51-54-57-60-63-66-72(75)78-69-70(68-77-71(74)65-62-59-56-53-50-21-18-15-12-9-6-3)79-73(76)67-64-61-58-55-52-49-47-45-43-40-31-29-27-25-23-20-17-14-11-8-5-2/h7,10,15-16,18-19,24,26,30,32,34-35,70H,4-6,8-9,11-14,17,20-23,25,27-29,31,33,36-69H2,1-3H3/b10-7-,18-15-,19-16-,26-24-,32-30-,35-34-. The predicted octanol–water partition coefficient (Wildman–Crippen LogP) is 23.7. The summed E-state index contributed by atoms with van der Waals surface area (Å²) in [7, 11) is 0. The highest BCUT2D eigenvalue weighted by atomic mass is 16.6. The number of unbranched alkanes of at least 4 members (excludes halogenated alkanes) is 40. The molecule has 1 unspecified atom stereocenters. The number of esters is 3. The monoisotopic (exact) mass is 1100 g/mol. The number of hydrogen-bond acceptors (Lipinski definition) is 6. The van der Waals surface area contributed by atoms with E-state index in [2.05, 4.69) is 93.7 Å². The Bertz CT molecular complexity index is 1450. The lowest BCUT2D eigenvalue weighted by atomic mass is 10.0. The molecule has 0 fully saturated rings. The lowest BCUT2D eigenvalue weighted by Crippen LogP contribution is -2.30. The lowest BCUT2D eigenvalue weighted by Gasteiger charge is -2.18. The molecule has 0 bridgehead atoms. The normalized spacial score (nSPS) is 12.5. The number of rotatable bonds is 63. The number of carbonyl (C=O) groups is 3. The highest BCUT2D eigenvalue weighted by Crippen LogP contribution is 2.18. The minimum absolute atomic E-state index is 0.0743. The number of ether oxygens (including phenoxy) is 3. The zero-order chi connectivity index (χ0) is 57.1. The number of allylic oxidation sites excluding steroid dienone is 12. The molecule has 0 saturated heterocycles. The van der Waals surface area contributed by atoms with Crippen molar-refractivity contribution in [3.05, 3.63) is 72.9 Å². The summed E-state index contributed by atoms with van der Waals surface area (Å²) in [6.07, 6.45) is 87.9. The van der Waals surface area contributed by atoms with E-state index in [-0.39, 0.29) is 31.1 Å². The van der Waals surface area contributed by atoms with Crippen LogP contribution in [0.4, 0.5) is 0 Å². The molecule has 0 heterocycles. The molecule has 6 nitrogen and oxygen atoms in total. The first-order valence-electron chi connectivity index (χ1n) is 34.4. The summed E-state index contributed by atoms with van der Waals surface area (Å²) in [5, 5.41) is 0. The molecule has 0 N–H and O–H groups in total. The van der Waals surface area contributed by atoms with Crippen LogP contribution in [0.15, 0.2) is 72.9 Å². The zero-order valence-electron chi connectivity index (χ0n) is 52.6. The second-order valence-corrected chi connectivity index (χ2v) is 23.1. The van der Waals surface area contributed by atoms with E-state index in [1.54, 1.807) is 0 Å². The van der Waals surface area contributed by atoms with Gasteiger partial charge in [-0.3, -0.25) is 14.4 Å². The van der Waals surface area contributed by atoms with Crippen LogP contribution in [0.3, 0.4) is 0 Å². The van der Waals surface area contributed by atoms with Gasteiger partial charge in [-0.2, -0.15) is 0 Å². The van der Waals surface area contributed by atoms with Crippen LogP contribution >= 0.6 is 0 Å². The minimum Gasteiger partial charge on any atom is -0.462 e. The van der Waals surface area contributed by atoms with E-state index >= 15 is 0 Å². The van der Waals surface area contributed by atoms with Crippen LogP contribution in [-0.2, 0) is 28.6 Å². The van der Waals surface area contributed by atoms with E-state index in [0.717, 1.165) is 96.3 Å². The van der Waals surface area contributed by atoms with Crippen LogP contribution in [0.1, 0.15) is 355 Å². The second-order valence-electron chi connectivity index (χ2n) is 23.1. The fourth-order valence-electron chi connectivity index (χ4n) is 10.0. The molecular formula is C73H130O6. The summed E-state index contributed by atoms with van der Waals surface area (Å²) in [6, 6.07) is 0. The molecule has 0 amide bonds. The van der Waals surface area contributed by atoms with Gasteiger partial charge in [0.05, 0.1) is 0 Å². The number of hydrogen-bond donors (Lipinski definition) is 0. The van der Waals surface area contributed by atoms with E-state index in [9.17, 15) is 14.4 Å². The van der Waals surface area contributed by atoms with Crippen molar-refractivity contribution in [1.82, 2.24) is 0 Å². The largest absolute Gasteiger partial charge is 0.462 e. The van der Waals surface area contributed by atoms with Crippen LogP contribution < -0.4 is 0 Å². The average Bonchev–Trinajstić information content (AvgIpc) is 3.45. The van der Waals surface area contributed by atoms with Crippen molar-refractivity contribution >= 4 is 17.9 Å². The van der Waals surface area contributed by atoms with Crippen LogP contribution in [0.5, 0.6) is 0 Å². The Hall–Kier alpha value is -3.15. The molecule has 0 aliphatic rings. The Kier molecular flexibility index (Phi) is 64.7. The molecule has 0 aromatic carbocycles. The molecule has 0 aromatic heterocycles. The Balaban J connectivity index is 4.19. The zero-order valence-corrected chi connectivity index (χ0v) is 52.6. The average molecular weight is 1100 g/mol. The van der Waals surface area contributed by atoms with Gasteiger partial charge in [0, 0.05) is 19.3 Å². The van der Waals surface area contributed by atoms with Gasteiger partial charge in [0.1, 0.15) is 13.2 Å². The van der Waals surface area contributed by atoms with Crippen LogP contribution in [0.25, 0.3) is 0 Å². The fraction of sp³-hybridized carbons (Fsp3) is 0.795. The van der Waals surface area contributed by atoms with Gasteiger partial charge in [-0.05, 0) is 83.5 Å². The summed E-state index contributed by atoms with van der Waals surface area (Å²) in [6.45, 7) is 6.53. The maximum absolute atomic E-state index is 12.9. The van der Waals surface area contributed by atoms with Gasteiger partial charge in [0.2, 0.25) is 0 Å². The van der Waals surface area contributed by atoms with E-state index < -0.39 is 6.10 Å². The van der Waals surface area contributed by atoms with Crippen molar-refractivity contribution in [2.45, 2.75) is 361 Å². The summed E-state index contributed by atoms with van der Waals surface area (Å²) >= 11 is 0. The van der Waals surface area contributed by atoms with Gasteiger partial charge in [0.25, 0.3) is 0 Å². The minimum atomic E-state index is -0.777. The Morgan fingerprint density at radius 1 is 0.266 bits per heavy atom. The summed E-state index contributed by atoms with van der Waals surface area (Å²) in [5.41, 5.74) is 0. The summed E-state index contributed by atoms with van der Waals surface area (Å²) in [5.74, 6) is -0.865. The second kappa shape index (κ2) is 67.4. The van der Waals surface area contributed by atoms with Gasteiger partial charge < -0.3 is 14.2 Å². The molecule has 79 heavy (non-hydrogen) atoms. The Morgan fingerprint density at radius 3 is 0.823 bits per heavy atom. The molecular weight excluding hydrogens is 973 g/mol. The highest BCUT2D eigenvalue weighted by Gasteiger charge is 2.19. The Labute approximate surface area is 491 Å².